The van der Waals surface area contributed by atoms with Gasteiger partial charge >= 0.3 is 5.97 Å². The zero-order chi connectivity index (χ0) is 14.4. The summed E-state index contributed by atoms with van der Waals surface area (Å²) in [5.74, 6) is -1.44. The number of carbonyl (C=O) groups excluding carboxylic acids is 1. The van der Waals surface area contributed by atoms with Crippen LogP contribution in [0.25, 0.3) is 0 Å². The predicted octanol–water partition coefficient (Wildman–Crippen LogP) is 1.54. The molecule has 2 unspecified atom stereocenters. The van der Waals surface area contributed by atoms with Gasteiger partial charge in [-0.1, -0.05) is 33.1 Å². The number of aliphatic carboxylic acids is 1. The molecule has 0 aromatic carbocycles. The first-order valence-corrected chi connectivity index (χ1v) is 7.13. The molecule has 1 rings (SSSR count). The maximum absolute atomic E-state index is 11.9. The molecule has 110 valence electrons. The highest BCUT2D eigenvalue weighted by Crippen LogP contribution is 2.26. The zero-order valence-corrected chi connectivity index (χ0v) is 11.8. The smallest absolute Gasteiger partial charge is 0.326 e. The Morgan fingerprint density at radius 1 is 1.21 bits per heavy atom. The zero-order valence-electron chi connectivity index (χ0n) is 11.8. The molecule has 19 heavy (non-hydrogen) atoms. The SMILES string of the molecule is CC(C)CC(NC(=O)C(O)C1CCCCC1)C(=O)O. The first kappa shape index (κ1) is 16.0. The largest absolute Gasteiger partial charge is 0.480 e. The van der Waals surface area contributed by atoms with E-state index in [2.05, 4.69) is 5.32 Å². The second-order valence-corrected chi connectivity index (χ2v) is 5.87. The molecule has 0 saturated heterocycles. The Bertz CT molecular complexity index is 311. The maximum Gasteiger partial charge on any atom is 0.326 e. The Morgan fingerprint density at radius 2 is 1.79 bits per heavy atom. The summed E-state index contributed by atoms with van der Waals surface area (Å²) < 4.78 is 0. The molecule has 1 saturated carbocycles. The number of nitrogens with one attached hydrogen (secondary N) is 1. The normalized spacial score (nSPS) is 20.0. The van der Waals surface area contributed by atoms with E-state index in [1.165, 1.54) is 0 Å². The minimum Gasteiger partial charge on any atom is -0.480 e. The second kappa shape index (κ2) is 7.48. The molecule has 0 aromatic rings. The van der Waals surface area contributed by atoms with Gasteiger partial charge in [0, 0.05) is 0 Å². The standard InChI is InChI=1S/C14H25NO4/c1-9(2)8-11(14(18)19)15-13(17)12(16)10-6-4-3-5-7-10/h9-12,16H,3-8H2,1-2H3,(H,15,17)(H,18,19). The highest BCUT2D eigenvalue weighted by molar-refractivity contribution is 5.86. The van der Waals surface area contributed by atoms with E-state index in [9.17, 15) is 14.7 Å². The average Bonchev–Trinajstić information content (AvgIpc) is 2.37. The molecule has 1 fully saturated rings. The van der Waals surface area contributed by atoms with Crippen LogP contribution < -0.4 is 5.32 Å². The minimum atomic E-state index is -1.07. The van der Waals surface area contributed by atoms with E-state index in [1.54, 1.807) is 0 Å². The molecular weight excluding hydrogens is 246 g/mol. The summed E-state index contributed by atoms with van der Waals surface area (Å²) in [6, 6.07) is -0.911. The fourth-order valence-electron chi connectivity index (χ4n) is 2.61. The van der Waals surface area contributed by atoms with Crippen molar-refractivity contribution in [3.8, 4) is 0 Å². The van der Waals surface area contributed by atoms with Gasteiger partial charge in [0.25, 0.3) is 0 Å². The summed E-state index contributed by atoms with van der Waals surface area (Å²) in [6.07, 6.45) is 4.20. The summed E-state index contributed by atoms with van der Waals surface area (Å²) in [6.45, 7) is 3.80. The van der Waals surface area contributed by atoms with Gasteiger partial charge in [0.1, 0.15) is 12.1 Å². The first-order chi connectivity index (χ1) is 8.91. The number of carbonyl (C=O) groups is 2. The van der Waals surface area contributed by atoms with Crippen LogP contribution in [0.2, 0.25) is 0 Å². The van der Waals surface area contributed by atoms with Crippen LogP contribution in [0.5, 0.6) is 0 Å². The van der Waals surface area contributed by atoms with Crippen molar-refractivity contribution in [3.63, 3.8) is 0 Å². The number of hydrogen-bond donors (Lipinski definition) is 3. The Kier molecular flexibility index (Phi) is 6.28. The van der Waals surface area contributed by atoms with Gasteiger partial charge < -0.3 is 15.5 Å². The van der Waals surface area contributed by atoms with Gasteiger partial charge in [-0.05, 0) is 31.1 Å². The van der Waals surface area contributed by atoms with Crippen molar-refractivity contribution in [2.45, 2.75) is 64.5 Å². The molecule has 0 spiro atoms. The molecule has 2 atom stereocenters. The third-order valence-corrected chi connectivity index (χ3v) is 3.69. The minimum absolute atomic E-state index is 0.0257. The third-order valence-electron chi connectivity index (χ3n) is 3.69. The molecule has 5 nitrogen and oxygen atoms in total. The maximum atomic E-state index is 11.9. The van der Waals surface area contributed by atoms with Crippen LogP contribution >= 0.6 is 0 Å². The van der Waals surface area contributed by atoms with Gasteiger partial charge in [-0.25, -0.2) is 4.79 Å². The molecule has 0 radical (unpaired) electrons. The number of aliphatic hydroxyl groups excluding tert-OH is 1. The Balaban J connectivity index is 2.52. The number of carboxylic acids is 1. The van der Waals surface area contributed by atoms with Crippen molar-refractivity contribution in [1.82, 2.24) is 5.32 Å². The van der Waals surface area contributed by atoms with Crippen molar-refractivity contribution in [2.24, 2.45) is 11.8 Å². The van der Waals surface area contributed by atoms with Gasteiger partial charge in [0.05, 0.1) is 0 Å². The topological polar surface area (TPSA) is 86.6 Å². The summed E-state index contributed by atoms with van der Waals surface area (Å²) in [4.78, 5) is 23.0. The fraction of sp³-hybridized carbons (Fsp3) is 0.857. The molecule has 0 aliphatic heterocycles. The predicted molar refractivity (Wildman–Crippen MR) is 71.6 cm³/mol. The van der Waals surface area contributed by atoms with Crippen LogP contribution in [-0.2, 0) is 9.59 Å². The van der Waals surface area contributed by atoms with Crippen molar-refractivity contribution >= 4 is 11.9 Å². The Morgan fingerprint density at radius 3 is 2.26 bits per heavy atom. The molecule has 1 amide bonds. The van der Waals surface area contributed by atoms with Crippen LogP contribution in [0.15, 0.2) is 0 Å². The monoisotopic (exact) mass is 271 g/mol. The van der Waals surface area contributed by atoms with Crippen molar-refractivity contribution in [1.29, 1.82) is 0 Å². The lowest BCUT2D eigenvalue weighted by Crippen LogP contribution is -2.48. The van der Waals surface area contributed by atoms with Crippen molar-refractivity contribution < 1.29 is 19.8 Å². The highest BCUT2D eigenvalue weighted by Gasteiger charge is 2.30. The summed E-state index contributed by atoms with van der Waals surface area (Å²) >= 11 is 0. The van der Waals surface area contributed by atoms with Gasteiger partial charge in [0.2, 0.25) is 5.91 Å². The van der Waals surface area contributed by atoms with Crippen LogP contribution in [0.3, 0.4) is 0 Å². The molecule has 0 bridgehead atoms. The van der Waals surface area contributed by atoms with Crippen molar-refractivity contribution in [3.05, 3.63) is 0 Å². The highest BCUT2D eigenvalue weighted by atomic mass is 16.4. The quantitative estimate of drug-likeness (QED) is 0.684. The average molecular weight is 271 g/mol. The van der Waals surface area contributed by atoms with E-state index >= 15 is 0 Å². The van der Waals surface area contributed by atoms with Gasteiger partial charge in [-0.15, -0.1) is 0 Å². The van der Waals surface area contributed by atoms with E-state index < -0.39 is 24.0 Å². The van der Waals surface area contributed by atoms with E-state index in [4.69, 9.17) is 5.11 Å². The summed E-state index contributed by atoms with van der Waals surface area (Å²) in [7, 11) is 0. The van der Waals surface area contributed by atoms with Gasteiger partial charge in [0.15, 0.2) is 0 Å². The van der Waals surface area contributed by atoms with Crippen LogP contribution in [0.1, 0.15) is 52.4 Å². The fourth-order valence-corrected chi connectivity index (χ4v) is 2.61. The van der Waals surface area contributed by atoms with E-state index in [1.807, 2.05) is 13.8 Å². The molecule has 0 heterocycles. The number of carboxylic acid groups (broad SMARTS) is 1. The van der Waals surface area contributed by atoms with Crippen LogP contribution in [0, 0.1) is 11.8 Å². The summed E-state index contributed by atoms with van der Waals surface area (Å²) in [5.41, 5.74) is 0. The lowest BCUT2D eigenvalue weighted by molar-refractivity contribution is -0.144. The van der Waals surface area contributed by atoms with Gasteiger partial charge in [-0.2, -0.15) is 0 Å². The molecule has 0 aromatic heterocycles. The molecular formula is C14H25NO4. The number of rotatable bonds is 6. The lowest BCUT2D eigenvalue weighted by Gasteiger charge is -2.27. The molecule has 1 aliphatic rings. The number of aliphatic hydroxyl groups is 1. The van der Waals surface area contributed by atoms with E-state index in [0.29, 0.717) is 6.42 Å². The number of amides is 1. The van der Waals surface area contributed by atoms with E-state index in [0.717, 1.165) is 32.1 Å². The molecule has 3 N–H and O–H groups in total. The third kappa shape index (κ3) is 5.19. The second-order valence-electron chi connectivity index (χ2n) is 5.87. The molecule has 5 heteroatoms. The first-order valence-electron chi connectivity index (χ1n) is 7.13. The Hall–Kier alpha value is -1.10. The van der Waals surface area contributed by atoms with Crippen LogP contribution in [-0.4, -0.2) is 34.2 Å². The molecule has 1 aliphatic carbocycles. The van der Waals surface area contributed by atoms with Crippen molar-refractivity contribution in [2.75, 3.05) is 0 Å². The van der Waals surface area contributed by atoms with Crippen LogP contribution in [0.4, 0.5) is 0 Å². The summed E-state index contributed by atoms with van der Waals surface area (Å²) in [5, 5.41) is 21.5. The number of hydrogen-bond acceptors (Lipinski definition) is 3. The van der Waals surface area contributed by atoms with Gasteiger partial charge in [-0.3, -0.25) is 4.79 Å². The lowest BCUT2D eigenvalue weighted by atomic mass is 9.85. The Labute approximate surface area is 114 Å². The van der Waals surface area contributed by atoms with E-state index in [-0.39, 0.29) is 11.8 Å².